The Morgan fingerprint density at radius 2 is 1.95 bits per heavy atom. The van der Waals surface area contributed by atoms with Crippen LogP contribution < -0.4 is 0 Å². The maximum absolute atomic E-state index is 13.9. The predicted molar refractivity (Wildman–Crippen MR) is 85.7 cm³/mol. The van der Waals surface area contributed by atoms with Gasteiger partial charge in [0.05, 0.1) is 5.56 Å². The minimum absolute atomic E-state index is 0.0898. The van der Waals surface area contributed by atoms with E-state index in [4.69, 9.17) is 0 Å². The van der Waals surface area contributed by atoms with Gasteiger partial charge >= 0.3 is 0 Å². The first-order chi connectivity index (χ1) is 10.0. The summed E-state index contributed by atoms with van der Waals surface area (Å²) < 4.78 is 14.4. The lowest BCUT2D eigenvalue weighted by Crippen LogP contribution is -2.31. The maximum Gasteiger partial charge on any atom is 0.258 e. The fraction of sp³-hybridized carbons (Fsp3) is 0.235. The molecule has 0 spiro atoms. The number of nitrogens with zero attached hydrogens (tertiary/aromatic N) is 1. The van der Waals surface area contributed by atoms with E-state index in [-0.39, 0.29) is 11.5 Å². The summed E-state index contributed by atoms with van der Waals surface area (Å²) in [5.41, 5.74) is 2.27. The Kier molecular flexibility index (Phi) is 5.12. The second-order valence-electron chi connectivity index (χ2n) is 4.91. The molecule has 0 saturated carbocycles. The van der Waals surface area contributed by atoms with Crippen LogP contribution in [0.2, 0.25) is 0 Å². The summed E-state index contributed by atoms with van der Waals surface area (Å²) in [5, 5.41) is 0. The van der Waals surface area contributed by atoms with Crippen molar-refractivity contribution in [3.8, 4) is 0 Å². The van der Waals surface area contributed by atoms with Crippen LogP contribution in [0.15, 0.2) is 46.9 Å². The fourth-order valence-electron chi connectivity index (χ4n) is 2.22. The van der Waals surface area contributed by atoms with Crippen molar-refractivity contribution < 1.29 is 9.18 Å². The highest BCUT2D eigenvalue weighted by molar-refractivity contribution is 9.10. The van der Waals surface area contributed by atoms with E-state index in [1.54, 1.807) is 17.0 Å². The third kappa shape index (κ3) is 3.70. The zero-order valence-corrected chi connectivity index (χ0v) is 13.7. The van der Waals surface area contributed by atoms with Gasteiger partial charge in [-0.1, -0.05) is 35.9 Å². The minimum atomic E-state index is -0.503. The number of rotatable bonds is 4. The van der Waals surface area contributed by atoms with Crippen molar-refractivity contribution in [2.75, 3.05) is 6.54 Å². The topological polar surface area (TPSA) is 20.3 Å². The summed E-state index contributed by atoms with van der Waals surface area (Å²) in [6.07, 6.45) is 0. The number of hydrogen-bond acceptors (Lipinski definition) is 1. The summed E-state index contributed by atoms with van der Waals surface area (Å²) in [6, 6.07) is 12.5. The standard InChI is InChI=1S/C17H17BrFNO/c1-3-20(11-13-7-4-6-12(2)10-13)17(21)16-14(18)8-5-9-15(16)19/h4-10H,3,11H2,1-2H3. The fourth-order valence-corrected chi connectivity index (χ4v) is 2.73. The van der Waals surface area contributed by atoms with Gasteiger partial charge < -0.3 is 4.90 Å². The van der Waals surface area contributed by atoms with Crippen LogP contribution in [0, 0.1) is 12.7 Å². The van der Waals surface area contributed by atoms with Crippen LogP contribution in [0.25, 0.3) is 0 Å². The first-order valence-electron chi connectivity index (χ1n) is 6.81. The van der Waals surface area contributed by atoms with Gasteiger partial charge in [0.15, 0.2) is 0 Å². The zero-order valence-electron chi connectivity index (χ0n) is 12.1. The molecular formula is C17H17BrFNO. The Bertz CT molecular complexity index is 637. The minimum Gasteiger partial charge on any atom is -0.334 e. The highest BCUT2D eigenvalue weighted by Gasteiger charge is 2.21. The van der Waals surface area contributed by atoms with Crippen LogP contribution in [0.3, 0.4) is 0 Å². The summed E-state index contributed by atoms with van der Waals surface area (Å²) in [5.74, 6) is -0.805. The molecule has 0 aliphatic rings. The van der Waals surface area contributed by atoms with E-state index in [1.165, 1.54) is 6.07 Å². The lowest BCUT2D eigenvalue weighted by molar-refractivity contribution is 0.0747. The van der Waals surface area contributed by atoms with Gasteiger partial charge in [-0.2, -0.15) is 0 Å². The van der Waals surface area contributed by atoms with Crippen LogP contribution >= 0.6 is 15.9 Å². The second kappa shape index (κ2) is 6.85. The van der Waals surface area contributed by atoms with Gasteiger partial charge in [-0.3, -0.25) is 4.79 Å². The molecule has 0 bridgehead atoms. The quantitative estimate of drug-likeness (QED) is 0.792. The van der Waals surface area contributed by atoms with E-state index >= 15 is 0 Å². The van der Waals surface area contributed by atoms with E-state index in [9.17, 15) is 9.18 Å². The Labute approximate surface area is 132 Å². The van der Waals surface area contributed by atoms with Gasteiger partial charge in [0, 0.05) is 17.6 Å². The Balaban J connectivity index is 2.27. The molecule has 0 atom stereocenters. The maximum atomic E-state index is 13.9. The van der Waals surface area contributed by atoms with Crippen LogP contribution in [0.4, 0.5) is 4.39 Å². The number of benzene rings is 2. The second-order valence-corrected chi connectivity index (χ2v) is 5.76. The summed E-state index contributed by atoms with van der Waals surface area (Å²) in [4.78, 5) is 14.2. The largest absolute Gasteiger partial charge is 0.334 e. The third-order valence-electron chi connectivity index (χ3n) is 3.30. The lowest BCUT2D eigenvalue weighted by Gasteiger charge is -2.22. The molecule has 0 N–H and O–H groups in total. The molecule has 0 saturated heterocycles. The first kappa shape index (κ1) is 15.7. The van der Waals surface area contributed by atoms with Gasteiger partial charge in [-0.15, -0.1) is 0 Å². The molecule has 1 amide bonds. The van der Waals surface area contributed by atoms with Crippen molar-refractivity contribution in [1.29, 1.82) is 0 Å². The molecule has 0 aliphatic heterocycles. The zero-order chi connectivity index (χ0) is 15.4. The average Bonchev–Trinajstić information content (AvgIpc) is 2.44. The monoisotopic (exact) mass is 349 g/mol. The number of halogens is 2. The molecule has 0 aromatic heterocycles. The Hall–Kier alpha value is -1.68. The summed E-state index contributed by atoms with van der Waals surface area (Å²) in [6.45, 7) is 4.89. The SMILES string of the molecule is CCN(Cc1cccc(C)c1)C(=O)c1c(F)cccc1Br. The highest BCUT2D eigenvalue weighted by atomic mass is 79.9. The molecule has 21 heavy (non-hydrogen) atoms. The number of amides is 1. The molecule has 0 radical (unpaired) electrons. The van der Waals surface area contributed by atoms with Gasteiger partial charge in [0.25, 0.3) is 5.91 Å². The third-order valence-corrected chi connectivity index (χ3v) is 3.96. The van der Waals surface area contributed by atoms with Gasteiger partial charge in [0.2, 0.25) is 0 Å². The first-order valence-corrected chi connectivity index (χ1v) is 7.61. The molecule has 0 unspecified atom stereocenters. The van der Waals surface area contributed by atoms with E-state index in [0.29, 0.717) is 17.6 Å². The van der Waals surface area contributed by atoms with Crippen LogP contribution in [0.1, 0.15) is 28.4 Å². The number of aryl methyl sites for hydroxylation is 1. The highest BCUT2D eigenvalue weighted by Crippen LogP contribution is 2.22. The van der Waals surface area contributed by atoms with Crippen molar-refractivity contribution in [3.05, 3.63) is 69.4 Å². The van der Waals surface area contributed by atoms with Crippen molar-refractivity contribution in [2.45, 2.75) is 20.4 Å². The number of carbonyl (C=O) groups is 1. The van der Waals surface area contributed by atoms with Crippen LogP contribution in [-0.4, -0.2) is 17.4 Å². The molecule has 0 aliphatic carbocycles. The smallest absolute Gasteiger partial charge is 0.258 e. The predicted octanol–water partition coefficient (Wildman–Crippen LogP) is 4.56. The van der Waals surface area contributed by atoms with Gasteiger partial charge in [-0.25, -0.2) is 4.39 Å². The van der Waals surface area contributed by atoms with E-state index < -0.39 is 5.82 Å². The van der Waals surface area contributed by atoms with E-state index in [1.807, 2.05) is 38.1 Å². The summed E-state index contributed by atoms with van der Waals surface area (Å²) >= 11 is 3.25. The van der Waals surface area contributed by atoms with E-state index in [2.05, 4.69) is 15.9 Å². The van der Waals surface area contributed by atoms with Crippen molar-refractivity contribution in [1.82, 2.24) is 4.90 Å². The number of hydrogen-bond donors (Lipinski definition) is 0. The molecule has 2 rings (SSSR count). The van der Waals surface area contributed by atoms with Gasteiger partial charge in [0.1, 0.15) is 5.82 Å². The Morgan fingerprint density at radius 1 is 1.24 bits per heavy atom. The lowest BCUT2D eigenvalue weighted by atomic mass is 10.1. The van der Waals surface area contributed by atoms with Crippen molar-refractivity contribution in [2.24, 2.45) is 0 Å². The molecule has 2 aromatic carbocycles. The van der Waals surface area contributed by atoms with Crippen LogP contribution in [0.5, 0.6) is 0 Å². The van der Waals surface area contributed by atoms with E-state index in [0.717, 1.165) is 11.1 Å². The molecule has 2 nitrogen and oxygen atoms in total. The molecule has 110 valence electrons. The van der Waals surface area contributed by atoms with Crippen LogP contribution in [-0.2, 0) is 6.54 Å². The summed E-state index contributed by atoms with van der Waals surface area (Å²) in [7, 11) is 0. The average molecular weight is 350 g/mol. The number of carbonyl (C=O) groups excluding carboxylic acids is 1. The normalized spacial score (nSPS) is 10.5. The molecule has 2 aromatic rings. The molecule has 0 fully saturated rings. The molecule has 4 heteroatoms. The van der Waals surface area contributed by atoms with Crippen molar-refractivity contribution >= 4 is 21.8 Å². The van der Waals surface area contributed by atoms with Crippen molar-refractivity contribution in [3.63, 3.8) is 0 Å². The molecule has 0 heterocycles. The van der Waals surface area contributed by atoms with Gasteiger partial charge in [-0.05, 0) is 47.5 Å². The Morgan fingerprint density at radius 3 is 2.57 bits per heavy atom. The molecular weight excluding hydrogens is 333 g/mol.